The van der Waals surface area contributed by atoms with E-state index >= 15 is 0 Å². The molecular formula is C24H16BrCl4FN2O2. The Labute approximate surface area is 224 Å². The molecule has 4 nitrogen and oxygen atoms in total. The van der Waals surface area contributed by atoms with Crippen LogP contribution in [0.15, 0.2) is 60.7 Å². The van der Waals surface area contributed by atoms with Gasteiger partial charge in [-0.1, -0.05) is 50.7 Å². The van der Waals surface area contributed by atoms with Crippen molar-refractivity contribution in [3.8, 4) is 0 Å². The molecule has 3 unspecified atom stereocenters. The second-order valence-corrected chi connectivity index (χ2v) is 11.5. The van der Waals surface area contributed by atoms with Crippen molar-refractivity contribution in [1.82, 2.24) is 0 Å². The van der Waals surface area contributed by atoms with Crippen LogP contribution in [0.3, 0.4) is 0 Å². The van der Waals surface area contributed by atoms with Crippen LogP contribution in [0.4, 0.5) is 15.8 Å². The van der Waals surface area contributed by atoms with Gasteiger partial charge in [0, 0.05) is 34.4 Å². The highest BCUT2D eigenvalue weighted by Gasteiger charge is 2.67. The maximum Gasteiger partial charge on any atom is 0.259 e. The minimum Gasteiger partial charge on any atom is -0.326 e. The zero-order valence-corrected chi connectivity index (χ0v) is 22.1. The van der Waals surface area contributed by atoms with Gasteiger partial charge in [-0.2, -0.15) is 0 Å². The van der Waals surface area contributed by atoms with Crippen molar-refractivity contribution in [2.75, 3.05) is 17.3 Å². The van der Waals surface area contributed by atoms with Crippen LogP contribution >= 0.6 is 62.3 Å². The van der Waals surface area contributed by atoms with Crippen molar-refractivity contribution in [2.24, 2.45) is 5.92 Å². The van der Waals surface area contributed by atoms with E-state index in [2.05, 4.69) is 21.2 Å². The van der Waals surface area contributed by atoms with Crippen molar-refractivity contribution in [2.45, 2.75) is 9.70 Å². The number of carbonyl (C=O) groups excluding carboxylic acids is 2. The zero-order valence-electron chi connectivity index (χ0n) is 17.5. The lowest BCUT2D eigenvalue weighted by atomic mass is 10.1. The summed E-state index contributed by atoms with van der Waals surface area (Å²) in [6.45, 7) is 0. The summed E-state index contributed by atoms with van der Waals surface area (Å²) >= 11 is 28.5. The highest BCUT2D eigenvalue weighted by Crippen LogP contribution is 2.66. The first-order valence-corrected chi connectivity index (χ1v) is 12.3. The third kappa shape index (κ3) is 5.07. The number of nitrogens with one attached hydrogen (secondary N) is 1. The molecule has 3 aromatic rings. The lowest BCUT2D eigenvalue weighted by Gasteiger charge is -2.18. The van der Waals surface area contributed by atoms with Crippen molar-refractivity contribution in [3.05, 3.63) is 92.7 Å². The van der Waals surface area contributed by atoms with Crippen LogP contribution < -0.4 is 10.2 Å². The van der Waals surface area contributed by atoms with Crippen LogP contribution in [-0.2, 0) is 4.79 Å². The highest BCUT2D eigenvalue weighted by molar-refractivity contribution is 9.10. The Morgan fingerprint density at radius 1 is 1.00 bits per heavy atom. The molecule has 3 atom stereocenters. The van der Waals surface area contributed by atoms with Crippen molar-refractivity contribution in [1.29, 1.82) is 0 Å². The van der Waals surface area contributed by atoms with E-state index in [1.165, 1.54) is 41.3 Å². The van der Waals surface area contributed by atoms with Crippen LogP contribution in [-0.4, -0.2) is 22.6 Å². The Kier molecular flexibility index (Phi) is 7.19. The number of benzene rings is 3. The Hall–Kier alpha value is -1.83. The molecule has 4 rings (SSSR count). The number of nitrogens with zero attached hydrogens (tertiary/aromatic N) is 1. The first-order valence-electron chi connectivity index (χ1n) is 9.97. The van der Waals surface area contributed by atoms with E-state index < -0.39 is 21.4 Å². The van der Waals surface area contributed by atoms with Crippen LogP contribution in [0.5, 0.6) is 0 Å². The molecule has 1 fully saturated rings. The van der Waals surface area contributed by atoms with Gasteiger partial charge in [0.25, 0.3) is 5.91 Å². The van der Waals surface area contributed by atoms with E-state index in [-0.39, 0.29) is 22.4 Å². The quantitative estimate of drug-likeness (QED) is 0.303. The fourth-order valence-corrected chi connectivity index (χ4v) is 5.80. The summed E-state index contributed by atoms with van der Waals surface area (Å²) in [6.07, 6.45) is 0. The Morgan fingerprint density at radius 3 is 2.24 bits per heavy atom. The minimum atomic E-state index is -1.00. The normalized spacial score (nSPS) is 21.1. The minimum absolute atomic E-state index is 0.177. The molecule has 0 spiro atoms. The number of hydrogen-bond acceptors (Lipinski definition) is 2. The van der Waals surface area contributed by atoms with Crippen LogP contribution in [0, 0.1) is 11.7 Å². The molecule has 3 aromatic carbocycles. The topological polar surface area (TPSA) is 49.4 Å². The standard InChI is InChI=1S/C24H16BrCl4FN2O2/c1-32(17-5-2-15(30)3-6-17)23(34)18-11-16(4-7-19(18)28)31-22(33)21-20(24(21,25)29)12-8-13(26)10-14(27)9-12/h2-11,20-21H,1H3,(H,31,33). The predicted molar refractivity (Wildman–Crippen MR) is 139 cm³/mol. The SMILES string of the molecule is CN(C(=O)c1cc(NC(=O)C2C(c3cc(Cl)cc(Cl)c3)C2(Cl)Br)ccc1Cl)c1ccc(F)cc1. The van der Waals surface area contributed by atoms with E-state index in [9.17, 15) is 14.0 Å². The molecule has 1 N–H and O–H groups in total. The van der Waals surface area contributed by atoms with Crippen molar-refractivity contribution >= 4 is 85.5 Å². The van der Waals surface area contributed by atoms with E-state index in [4.69, 9.17) is 46.4 Å². The van der Waals surface area contributed by atoms with Crippen LogP contribution in [0.2, 0.25) is 15.1 Å². The van der Waals surface area contributed by atoms with Crippen molar-refractivity contribution < 1.29 is 14.0 Å². The molecule has 10 heteroatoms. The molecule has 0 bridgehead atoms. The second-order valence-electron chi connectivity index (χ2n) is 7.86. The number of carbonyl (C=O) groups is 2. The fraction of sp³-hybridized carbons (Fsp3) is 0.167. The highest BCUT2D eigenvalue weighted by atomic mass is 79.9. The Balaban J connectivity index is 1.53. The van der Waals surface area contributed by atoms with Gasteiger partial charge in [-0.25, -0.2) is 4.39 Å². The summed E-state index contributed by atoms with van der Waals surface area (Å²) in [4.78, 5) is 27.4. The molecule has 0 aliphatic heterocycles. The van der Waals surface area contributed by atoms with E-state index in [0.29, 0.717) is 21.4 Å². The van der Waals surface area contributed by atoms with Gasteiger partial charge in [0.15, 0.2) is 0 Å². The van der Waals surface area contributed by atoms with E-state index in [0.717, 1.165) is 5.56 Å². The first-order chi connectivity index (χ1) is 16.0. The molecule has 2 amide bonds. The number of halogens is 6. The molecule has 176 valence electrons. The lowest BCUT2D eigenvalue weighted by Crippen LogP contribution is -2.26. The van der Waals surface area contributed by atoms with Gasteiger partial charge < -0.3 is 10.2 Å². The molecular weight excluding hydrogens is 589 g/mol. The van der Waals surface area contributed by atoms with Crippen LogP contribution in [0.1, 0.15) is 21.8 Å². The number of anilines is 2. The van der Waals surface area contributed by atoms with Gasteiger partial charge in [-0.05, 0) is 66.2 Å². The molecule has 0 aromatic heterocycles. The molecule has 0 radical (unpaired) electrons. The Morgan fingerprint density at radius 2 is 1.62 bits per heavy atom. The zero-order chi connectivity index (χ0) is 24.8. The van der Waals surface area contributed by atoms with Crippen molar-refractivity contribution in [3.63, 3.8) is 0 Å². The average molecular weight is 605 g/mol. The number of hydrogen-bond donors (Lipinski definition) is 1. The third-order valence-corrected chi connectivity index (χ3v) is 7.79. The van der Waals surface area contributed by atoms with E-state index in [1.807, 2.05) is 0 Å². The third-order valence-electron chi connectivity index (χ3n) is 5.56. The van der Waals surface area contributed by atoms with E-state index in [1.54, 1.807) is 31.3 Å². The average Bonchev–Trinajstić information content (AvgIpc) is 3.36. The molecule has 0 heterocycles. The van der Waals surface area contributed by atoms with Gasteiger partial charge >= 0.3 is 0 Å². The van der Waals surface area contributed by atoms with Gasteiger partial charge in [0.05, 0.1) is 16.5 Å². The summed E-state index contributed by atoms with van der Waals surface area (Å²) < 4.78 is 12.2. The molecule has 1 aliphatic rings. The second kappa shape index (κ2) is 9.67. The smallest absolute Gasteiger partial charge is 0.259 e. The molecule has 1 saturated carbocycles. The van der Waals surface area contributed by atoms with Gasteiger partial charge in [-0.3, -0.25) is 9.59 Å². The monoisotopic (exact) mass is 602 g/mol. The number of amides is 2. The van der Waals surface area contributed by atoms with Gasteiger partial charge in [0.1, 0.15) is 9.60 Å². The summed E-state index contributed by atoms with van der Waals surface area (Å²) in [5.74, 6) is -2.14. The van der Waals surface area contributed by atoms with Gasteiger partial charge in [-0.15, -0.1) is 11.6 Å². The fourth-order valence-electron chi connectivity index (χ4n) is 3.77. The Bertz CT molecular complexity index is 1270. The summed E-state index contributed by atoms with van der Waals surface area (Å²) in [5, 5.41) is 3.90. The molecule has 1 aliphatic carbocycles. The largest absolute Gasteiger partial charge is 0.326 e. The maximum absolute atomic E-state index is 13.2. The number of rotatable bonds is 5. The maximum atomic E-state index is 13.2. The number of alkyl halides is 2. The molecule has 0 saturated heterocycles. The summed E-state index contributed by atoms with van der Waals surface area (Å²) in [7, 11) is 1.55. The predicted octanol–water partition coefficient (Wildman–Crippen LogP) is 7.74. The molecule has 34 heavy (non-hydrogen) atoms. The van der Waals surface area contributed by atoms with Crippen LogP contribution in [0.25, 0.3) is 0 Å². The first kappa shape index (κ1) is 25.3. The van der Waals surface area contributed by atoms with Gasteiger partial charge in [0.2, 0.25) is 5.91 Å². The summed E-state index contributed by atoms with van der Waals surface area (Å²) in [5.41, 5.74) is 1.78. The lowest BCUT2D eigenvalue weighted by molar-refractivity contribution is -0.117. The summed E-state index contributed by atoms with van der Waals surface area (Å²) in [6, 6.07) is 15.1.